The first kappa shape index (κ1) is 23.9. The van der Waals surface area contributed by atoms with Crippen molar-refractivity contribution < 1.29 is 14.3 Å². The Labute approximate surface area is 210 Å². The molecule has 36 heavy (non-hydrogen) atoms. The molecule has 0 aliphatic rings. The normalized spacial score (nSPS) is 11.5. The number of imidazole rings is 1. The lowest BCUT2D eigenvalue weighted by molar-refractivity contribution is -0.134. The molecule has 0 atom stereocenters. The standard InChI is InChI=1S/C29H32N4O3/c1-4-7-13-25-31-28-27(29-30-22-11-9-10-12-23(22)33(25)29)24(36-26(34)14-8-5-2)19-32(28)20-15-17-21(18-16-20)35-6-3/h9-12,15-19H,4-8,13-14H2,1-3H3. The molecular formula is C29H32N4O3. The van der Waals surface area contributed by atoms with Crippen molar-refractivity contribution in [3.63, 3.8) is 0 Å². The van der Waals surface area contributed by atoms with Crippen LogP contribution in [-0.4, -0.2) is 31.5 Å². The molecule has 3 heterocycles. The van der Waals surface area contributed by atoms with Gasteiger partial charge in [-0.1, -0.05) is 38.8 Å². The highest BCUT2D eigenvalue weighted by Gasteiger charge is 2.23. The van der Waals surface area contributed by atoms with Crippen molar-refractivity contribution in [2.24, 2.45) is 0 Å². The fourth-order valence-electron chi connectivity index (χ4n) is 4.56. The van der Waals surface area contributed by atoms with Gasteiger partial charge in [-0.3, -0.25) is 13.8 Å². The number of rotatable bonds is 10. The molecule has 7 nitrogen and oxygen atoms in total. The molecule has 186 valence electrons. The van der Waals surface area contributed by atoms with Crippen LogP contribution in [0.1, 0.15) is 58.7 Å². The van der Waals surface area contributed by atoms with Crippen LogP contribution in [-0.2, 0) is 11.2 Å². The van der Waals surface area contributed by atoms with E-state index in [2.05, 4.69) is 24.3 Å². The minimum atomic E-state index is -0.244. The van der Waals surface area contributed by atoms with E-state index in [1.807, 2.05) is 60.2 Å². The van der Waals surface area contributed by atoms with Gasteiger partial charge in [0.05, 0.1) is 23.8 Å². The third kappa shape index (κ3) is 4.41. The number of aryl methyl sites for hydroxylation is 1. The van der Waals surface area contributed by atoms with E-state index in [0.717, 1.165) is 77.1 Å². The van der Waals surface area contributed by atoms with Gasteiger partial charge < -0.3 is 9.47 Å². The average molecular weight is 485 g/mol. The number of benzene rings is 2. The van der Waals surface area contributed by atoms with Gasteiger partial charge in [-0.15, -0.1) is 0 Å². The maximum absolute atomic E-state index is 12.7. The topological polar surface area (TPSA) is 70.7 Å². The van der Waals surface area contributed by atoms with Gasteiger partial charge in [0.1, 0.15) is 17.0 Å². The molecule has 0 aliphatic heterocycles. The van der Waals surface area contributed by atoms with Crippen LogP contribution in [0.5, 0.6) is 11.5 Å². The Morgan fingerprint density at radius 2 is 1.69 bits per heavy atom. The second-order valence-corrected chi connectivity index (χ2v) is 8.96. The zero-order valence-electron chi connectivity index (χ0n) is 21.2. The van der Waals surface area contributed by atoms with E-state index in [0.29, 0.717) is 18.8 Å². The van der Waals surface area contributed by atoms with E-state index in [-0.39, 0.29) is 5.97 Å². The zero-order valence-corrected chi connectivity index (χ0v) is 21.2. The zero-order chi connectivity index (χ0) is 25.1. The number of carbonyl (C=O) groups excluding carboxylic acids is 1. The predicted molar refractivity (Wildman–Crippen MR) is 142 cm³/mol. The summed E-state index contributed by atoms with van der Waals surface area (Å²) in [6.07, 6.45) is 6.86. The minimum Gasteiger partial charge on any atom is -0.494 e. The fourth-order valence-corrected chi connectivity index (χ4v) is 4.56. The third-order valence-electron chi connectivity index (χ3n) is 6.36. The average Bonchev–Trinajstić information content (AvgIpc) is 3.45. The summed E-state index contributed by atoms with van der Waals surface area (Å²) in [6, 6.07) is 15.9. The van der Waals surface area contributed by atoms with Gasteiger partial charge in [-0.25, -0.2) is 9.97 Å². The van der Waals surface area contributed by atoms with Gasteiger partial charge in [0.25, 0.3) is 0 Å². The molecule has 0 amide bonds. The number of ether oxygens (including phenoxy) is 2. The van der Waals surface area contributed by atoms with Crippen molar-refractivity contribution >= 4 is 33.7 Å². The molecule has 5 rings (SSSR count). The van der Waals surface area contributed by atoms with Crippen LogP contribution in [0.4, 0.5) is 0 Å². The molecule has 0 fully saturated rings. The summed E-state index contributed by atoms with van der Waals surface area (Å²) >= 11 is 0. The van der Waals surface area contributed by atoms with Gasteiger partial charge in [0.15, 0.2) is 17.0 Å². The lowest BCUT2D eigenvalue weighted by atomic mass is 10.2. The number of para-hydroxylation sites is 2. The molecule has 0 saturated carbocycles. The summed E-state index contributed by atoms with van der Waals surface area (Å²) in [7, 11) is 0. The van der Waals surface area contributed by atoms with Crippen LogP contribution in [0.15, 0.2) is 54.7 Å². The predicted octanol–water partition coefficient (Wildman–Crippen LogP) is 6.66. The fraction of sp³-hybridized carbons (Fsp3) is 0.345. The number of carbonyl (C=O) groups is 1. The monoisotopic (exact) mass is 484 g/mol. The molecule has 0 radical (unpaired) electrons. The lowest BCUT2D eigenvalue weighted by Gasteiger charge is -2.10. The number of esters is 1. The van der Waals surface area contributed by atoms with Crippen LogP contribution in [0.3, 0.4) is 0 Å². The summed E-state index contributed by atoms with van der Waals surface area (Å²) in [5, 5.41) is 0.741. The van der Waals surface area contributed by atoms with Gasteiger partial charge in [0, 0.05) is 18.5 Å². The van der Waals surface area contributed by atoms with Crippen LogP contribution < -0.4 is 9.47 Å². The number of unbranched alkanes of at least 4 members (excludes halogenated alkanes) is 2. The van der Waals surface area contributed by atoms with Crippen LogP contribution >= 0.6 is 0 Å². The van der Waals surface area contributed by atoms with Gasteiger partial charge in [0.2, 0.25) is 0 Å². The van der Waals surface area contributed by atoms with Crippen molar-refractivity contribution in [2.75, 3.05) is 6.61 Å². The van der Waals surface area contributed by atoms with E-state index < -0.39 is 0 Å². The highest BCUT2D eigenvalue weighted by Crippen LogP contribution is 2.36. The largest absolute Gasteiger partial charge is 0.494 e. The van der Waals surface area contributed by atoms with E-state index in [1.165, 1.54) is 0 Å². The summed E-state index contributed by atoms with van der Waals surface area (Å²) in [6.45, 7) is 6.82. The van der Waals surface area contributed by atoms with Crippen LogP contribution in [0.25, 0.3) is 33.4 Å². The van der Waals surface area contributed by atoms with Gasteiger partial charge >= 0.3 is 5.97 Å². The van der Waals surface area contributed by atoms with Crippen molar-refractivity contribution in [3.8, 4) is 17.2 Å². The number of fused-ring (bicyclic) bond motifs is 5. The third-order valence-corrected chi connectivity index (χ3v) is 6.36. The minimum absolute atomic E-state index is 0.244. The second-order valence-electron chi connectivity index (χ2n) is 8.96. The number of aromatic nitrogens is 4. The molecule has 3 aromatic heterocycles. The molecule has 7 heteroatoms. The first-order valence-corrected chi connectivity index (χ1v) is 12.9. The highest BCUT2D eigenvalue weighted by molar-refractivity contribution is 6.01. The molecule has 0 N–H and O–H groups in total. The Morgan fingerprint density at radius 3 is 2.44 bits per heavy atom. The second kappa shape index (κ2) is 10.4. The van der Waals surface area contributed by atoms with E-state index in [1.54, 1.807) is 0 Å². The van der Waals surface area contributed by atoms with Crippen molar-refractivity contribution in [2.45, 2.75) is 59.3 Å². The molecule has 0 bridgehead atoms. The molecule has 2 aromatic carbocycles. The van der Waals surface area contributed by atoms with Crippen molar-refractivity contribution in [3.05, 3.63) is 60.6 Å². The number of nitrogens with zero attached hydrogens (tertiary/aromatic N) is 4. The molecule has 5 aromatic rings. The Kier molecular flexibility index (Phi) is 6.89. The number of hydrogen-bond donors (Lipinski definition) is 0. The van der Waals surface area contributed by atoms with E-state index >= 15 is 0 Å². The Morgan fingerprint density at radius 1 is 0.917 bits per heavy atom. The van der Waals surface area contributed by atoms with Crippen LogP contribution in [0.2, 0.25) is 0 Å². The molecule has 0 saturated heterocycles. The SMILES string of the molecule is CCCCC(=O)Oc1cn(-c2ccc(OCC)cc2)c2nc(CCCC)n3c4ccccc4nc3c12. The van der Waals surface area contributed by atoms with E-state index in [4.69, 9.17) is 19.4 Å². The Balaban J connectivity index is 1.77. The first-order chi connectivity index (χ1) is 17.6. The lowest BCUT2D eigenvalue weighted by Crippen LogP contribution is -2.07. The van der Waals surface area contributed by atoms with Crippen molar-refractivity contribution in [1.29, 1.82) is 0 Å². The van der Waals surface area contributed by atoms with E-state index in [9.17, 15) is 4.79 Å². The molecule has 0 spiro atoms. The highest BCUT2D eigenvalue weighted by atomic mass is 16.5. The maximum Gasteiger partial charge on any atom is 0.311 e. The van der Waals surface area contributed by atoms with Gasteiger partial charge in [-0.05, 0) is 56.2 Å². The number of hydrogen-bond acceptors (Lipinski definition) is 5. The quantitative estimate of drug-likeness (QED) is 0.207. The molecule has 0 unspecified atom stereocenters. The Hall–Kier alpha value is -3.87. The maximum atomic E-state index is 12.7. The van der Waals surface area contributed by atoms with Gasteiger partial charge in [-0.2, -0.15) is 0 Å². The first-order valence-electron chi connectivity index (χ1n) is 12.9. The molecule has 0 aliphatic carbocycles. The van der Waals surface area contributed by atoms with Crippen molar-refractivity contribution in [1.82, 2.24) is 18.9 Å². The summed E-state index contributed by atoms with van der Waals surface area (Å²) in [5.41, 5.74) is 4.29. The smallest absolute Gasteiger partial charge is 0.311 e. The Bertz CT molecular complexity index is 1520. The van der Waals surface area contributed by atoms with Crippen LogP contribution in [0, 0.1) is 0 Å². The molecular weight excluding hydrogens is 452 g/mol. The summed E-state index contributed by atoms with van der Waals surface area (Å²) < 4.78 is 15.7. The summed E-state index contributed by atoms with van der Waals surface area (Å²) in [5.74, 6) is 1.99. The summed E-state index contributed by atoms with van der Waals surface area (Å²) in [4.78, 5) is 22.8.